The number of halogens is 1. The lowest BCUT2D eigenvalue weighted by atomic mass is 9.98. The average Bonchev–Trinajstić information content (AvgIpc) is 3.16. The number of likely N-dealkylation sites (tertiary alicyclic amines) is 1. The van der Waals surface area contributed by atoms with E-state index in [0.717, 1.165) is 29.7 Å². The molecule has 120 valence electrons. The Morgan fingerprint density at radius 2 is 2.18 bits per heavy atom. The van der Waals surface area contributed by atoms with Gasteiger partial charge in [0.15, 0.2) is 0 Å². The van der Waals surface area contributed by atoms with Crippen LogP contribution in [0.5, 0.6) is 0 Å². The molecule has 1 aliphatic carbocycles. The lowest BCUT2D eigenvalue weighted by Gasteiger charge is -2.23. The largest absolute Gasteiger partial charge is 0.340 e. The second kappa shape index (κ2) is 6.29. The summed E-state index contributed by atoms with van der Waals surface area (Å²) < 4.78 is 0.901. The summed E-state index contributed by atoms with van der Waals surface area (Å²) in [7, 11) is 0. The van der Waals surface area contributed by atoms with Gasteiger partial charge in [-0.15, -0.1) is 11.3 Å². The number of hydrogen-bond acceptors (Lipinski definition) is 4. The Morgan fingerprint density at radius 3 is 2.82 bits per heavy atom. The zero-order valence-corrected chi connectivity index (χ0v) is 14.8. The number of fused-ring (bicyclic) bond motifs is 1. The van der Waals surface area contributed by atoms with Crippen LogP contribution >= 0.6 is 27.3 Å². The van der Waals surface area contributed by atoms with Gasteiger partial charge in [0, 0.05) is 19.1 Å². The van der Waals surface area contributed by atoms with Crippen LogP contribution in [0.2, 0.25) is 0 Å². The number of nitrogens with one attached hydrogen (secondary N) is 1. The predicted octanol–water partition coefficient (Wildman–Crippen LogP) is 1.82. The summed E-state index contributed by atoms with van der Waals surface area (Å²) in [6.45, 7) is 3.26. The predicted molar refractivity (Wildman–Crippen MR) is 89.7 cm³/mol. The van der Waals surface area contributed by atoms with E-state index < -0.39 is 6.04 Å². The van der Waals surface area contributed by atoms with E-state index in [2.05, 4.69) is 21.2 Å². The van der Waals surface area contributed by atoms with Crippen molar-refractivity contribution in [2.75, 3.05) is 13.1 Å². The summed E-state index contributed by atoms with van der Waals surface area (Å²) >= 11 is 4.69. The maximum Gasteiger partial charge on any atom is 0.262 e. The molecule has 1 aliphatic heterocycles. The van der Waals surface area contributed by atoms with E-state index in [-0.39, 0.29) is 17.9 Å². The topological polar surface area (TPSA) is 75.4 Å². The summed E-state index contributed by atoms with van der Waals surface area (Å²) in [5.74, 6) is 0.758. The van der Waals surface area contributed by atoms with E-state index in [1.165, 1.54) is 11.3 Å². The molecule has 4 unspecified atom stereocenters. The Kier molecular flexibility index (Phi) is 4.56. The third-order valence-corrected chi connectivity index (χ3v) is 6.36. The molecule has 1 saturated heterocycles. The number of nitrogens with zero attached hydrogens (tertiary/aromatic N) is 1. The van der Waals surface area contributed by atoms with E-state index in [1.807, 2.05) is 11.0 Å². The first kappa shape index (κ1) is 16.0. The molecule has 2 amide bonds. The number of carbonyl (C=O) groups excluding carboxylic acids is 2. The van der Waals surface area contributed by atoms with Gasteiger partial charge in [-0.2, -0.15) is 0 Å². The smallest absolute Gasteiger partial charge is 0.262 e. The van der Waals surface area contributed by atoms with Crippen molar-refractivity contribution in [3.05, 3.63) is 20.8 Å². The quantitative estimate of drug-likeness (QED) is 0.832. The van der Waals surface area contributed by atoms with Crippen molar-refractivity contribution in [3.63, 3.8) is 0 Å². The SMILES string of the molecule is CC(NC(=O)c1ccc(Br)s1)C(=O)N1CC2CCC(N)C2C1. The van der Waals surface area contributed by atoms with E-state index in [0.29, 0.717) is 16.7 Å². The number of carbonyl (C=O) groups is 2. The highest BCUT2D eigenvalue weighted by atomic mass is 79.9. The molecular formula is C15H20BrN3O2S. The van der Waals surface area contributed by atoms with Crippen molar-refractivity contribution in [1.82, 2.24) is 10.2 Å². The molecule has 2 fully saturated rings. The molecule has 2 heterocycles. The molecule has 0 aromatic carbocycles. The van der Waals surface area contributed by atoms with Crippen molar-refractivity contribution >= 4 is 39.1 Å². The van der Waals surface area contributed by atoms with Gasteiger partial charge < -0.3 is 16.0 Å². The fraction of sp³-hybridized carbons (Fsp3) is 0.600. The van der Waals surface area contributed by atoms with Gasteiger partial charge in [0.2, 0.25) is 5.91 Å². The molecule has 7 heteroatoms. The van der Waals surface area contributed by atoms with Crippen molar-refractivity contribution in [2.24, 2.45) is 17.6 Å². The molecule has 3 N–H and O–H groups in total. The molecule has 0 spiro atoms. The first-order valence-corrected chi connectivity index (χ1v) is 9.17. The summed E-state index contributed by atoms with van der Waals surface area (Å²) in [5, 5.41) is 2.79. The van der Waals surface area contributed by atoms with Crippen LogP contribution in [0, 0.1) is 11.8 Å². The molecule has 1 aromatic rings. The van der Waals surface area contributed by atoms with Crippen molar-refractivity contribution < 1.29 is 9.59 Å². The van der Waals surface area contributed by atoms with E-state index in [4.69, 9.17) is 5.73 Å². The van der Waals surface area contributed by atoms with Crippen LogP contribution in [0.1, 0.15) is 29.4 Å². The second-order valence-electron chi connectivity index (χ2n) is 6.21. The number of rotatable bonds is 3. The molecule has 2 aliphatic rings. The first-order chi connectivity index (χ1) is 10.5. The maximum absolute atomic E-state index is 12.5. The molecule has 4 atom stereocenters. The van der Waals surface area contributed by atoms with Crippen LogP contribution in [0.3, 0.4) is 0 Å². The maximum atomic E-state index is 12.5. The highest BCUT2D eigenvalue weighted by molar-refractivity contribution is 9.11. The van der Waals surface area contributed by atoms with Gasteiger partial charge >= 0.3 is 0 Å². The lowest BCUT2D eigenvalue weighted by Crippen LogP contribution is -2.46. The Hall–Kier alpha value is -0.920. The van der Waals surface area contributed by atoms with E-state index in [9.17, 15) is 9.59 Å². The summed E-state index contributed by atoms with van der Waals surface area (Å²) in [4.78, 5) is 27.1. The van der Waals surface area contributed by atoms with Crippen LogP contribution in [-0.2, 0) is 4.79 Å². The molecule has 5 nitrogen and oxygen atoms in total. The van der Waals surface area contributed by atoms with Gasteiger partial charge in [0.25, 0.3) is 5.91 Å². The van der Waals surface area contributed by atoms with E-state index in [1.54, 1.807) is 13.0 Å². The molecule has 1 aromatic heterocycles. The highest BCUT2D eigenvalue weighted by Gasteiger charge is 2.43. The summed E-state index contributed by atoms with van der Waals surface area (Å²) in [6, 6.07) is 3.29. The second-order valence-corrected chi connectivity index (χ2v) is 8.67. The van der Waals surface area contributed by atoms with Crippen LogP contribution < -0.4 is 11.1 Å². The number of thiophene rings is 1. The van der Waals surface area contributed by atoms with Crippen LogP contribution in [0.4, 0.5) is 0 Å². The van der Waals surface area contributed by atoms with Gasteiger partial charge in [-0.05, 0) is 59.7 Å². The summed E-state index contributed by atoms with van der Waals surface area (Å²) in [5.41, 5.74) is 6.11. The molecule has 3 rings (SSSR count). The average molecular weight is 386 g/mol. The van der Waals surface area contributed by atoms with Crippen molar-refractivity contribution in [2.45, 2.75) is 31.8 Å². The van der Waals surface area contributed by atoms with Crippen molar-refractivity contribution in [1.29, 1.82) is 0 Å². The molecule has 0 bridgehead atoms. The fourth-order valence-electron chi connectivity index (χ4n) is 3.53. The van der Waals surface area contributed by atoms with Gasteiger partial charge in [0.1, 0.15) is 6.04 Å². The van der Waals surface area contributed by atoms with Crippen molar-refractivity contribution in [3.8, 4) is 0 Å². The van der Waals surface area contributed by atoms with Crippen LogP contribution in [0.15, 0.2) is 15.9 Å². The minimum atomic E-state index is -0.511. The monoisotopic (exact) mass is 385 g/mol. The molecular weight excluding hydrogens is 366 g/mol. The fourth-order valence-corrected chi connectivity index (χ4v) is 4.82. The third kappa shape index (κ3) is 3.07. The highest BCUT2D eigenvalue weighted by Crippen LogP contribution is 2.37. The first-order valence-electron chi connectivity index (χ1n) is 7.56. The minimum Gasteiger partial charge on any atom is -0.340 e. The van der Waals surface area contributed by atoms with Gasteiger partial charge in [-0.1, -0.05) is 0 Å². The Labute approximate surface area is 142 Å². The van der Waals surface area contributed by atoms with Crippen LogP contribution in [-0.4, -0.2) is 41.9 Å². The van der Waals surface area contributed by atoms with Crippen LogP contribution in [0.25, 0.3) is 0 Å². The minimum absolute atomic E-state index is 0.00873. The molecule has 22 heavy (non-hydrogen) atoms. The number of nitrogens with two attached hydrogens (primary N) is 1. The lowest BCUT2D eigenvalue weighted by molar-refractivity contribution is -0.132. The Bertz CT molecular complexity index is 591. The van der Waals surface area contributed by atoms with Gasteiger partial charge in [-0.25, -0.2) is 0 Å². The third-order valence-electron chi connectivity index (χ3n) is 4.74. The molecule has 1 saturated carbocycles. The Balaban J connectivity index is 1.57. The normalized spacial score (nSPS) is 28.5. The molecule has 0 radical (unpaired) electrons. The standard InChI is InChI=1S/C15H20BrN3O2S/c1-8(18-14(20)12-4-5-13(16)22-12)15(21)19-6-9-2-3-11(17)10(9)7-19/h4-5,8-11H,2-3,6-7,17H2,1H3,(H,18,20). The number of amides is 2. The Morgan fingerprint density at radius 1 is 1.41 bits per heavy atom. The zero-order valence-electron chi connectivity index (χ0n) is 12.4. The number of hydrogen-bond donors (Lipinski definition) is 2. The zero-order chi connectivity index (χ0) is 15.9. The summed E-state index contributed by atoms with van der Waals surface area (Å²) in [6.07, 6.45) is 2.18. The van der Waals surface area contributed by atoms with Gasteiger partial charge in [0.05, 0.1) is 8.66 Å². The van der Waals surface area contributed by atoms with Gasteiger partial charge in [-0.3, -0.25) is 9.59 Å². The van der Waals surface area contributed by atoms with E-state index >= 15 is 0 Å².